The molecule has 0 atom stereocenters. The summed E-state index contributed by atoms with van der Waals surface area (Å²) in [6.45, 7) is 4.20. The molecule has 2 aromatic carbocycles. The van der Waals surface area contributed by atoms with E-state index in [0.29, 0.717) is 36.6 Å². The highest BCUT2D eigenvalue weighted by atomic mass is 35.5. The molecule has 32 heavy (non-hydrogen) atoms. The predicted octanol–water partition coefficient (Wildman–Crippen LogP) is 3.74. The number of halogens is 1. The van der Waals surface area contributed by atoms with Crippen molar-refractivity contribution in [1.82, 2.24) is 9.80 Å². The smallest absolute Gasteiger partial charge is 0.232 e. The van der Waals surface area contributed by atoms with Crippen molar-refractivity contribution < 1.29 is 13.2 Å². The lowest BCUT2D eigenvalue weighted by Gasteiger charge is -2.34. The fourth-order valence-corrected chi connectivity index (χ4v) is 4.80. The molecule has 1 saturated heterocycles. The summed E-state index contributed by atoms with van der Waals surface area (Å²) < 4.78 is 25.7. The lowest BCUT2D eigenvalue weighted by molar-refractivity contribution is -0.132. The highest BCUT2D eigenvalue weighted by molar-refractivity contribution is 7.92. The topological polar surface area (TPSA) is 60.9 Å². The second-order valence-corrected chi connectivity index (χ2v) is 10.3. The summed E-state index contributed by atoms with van der Waals surface area (Å²) in [5.74, 6) is 0.0778. The molecule has 0 N–H and O–H groups in total. The summed E-state index contributed by atoms with van der Waals surface area (Å²) >= 11 is 5.90. The van der Waals surface area contributed by atoms with Gasteiger partial charge in [0.05, 0.1) is 11.9 Å². The van der Waals surface area contributed by atoms with E-state index in [4.69, 9.17) is 11.6 Å². The van der Waals surface area contributed by atoms with E-state index in [1.54, 1.807) is 24.3 Å². The van der Waals surface area contributed by atoms with Gasteiger partial charge in [-0.3, -0.25) is 14.0 Å². The summed E-state index contributed by atoms with van der Waals surface area (Å²) in [5.41, 5.74) is 1.74. The molecule has 172 valence electrons. The summed E-state index contributed by atoms with van der Waals surface area (Å²) in [4.78, 5) is 16.8. The molecule has 1 aliphatic rings. The molecule has 1 fully saturated rings. The molecule has 1 heterocycles. The van der Waals surface area contributed by atoms with Gasteiger partial charge < -0.3 is 4.90 Å². The van der Waals surface area contributed by atoms with Crippen LogP contribution in [-0.2, 0) is 14.8 Å². The molecule has 2 aromatic rings. The fraction of sp³-hybridized carbons (Fsp3) is 0.375. The molecule has 0 radical (unpaired) electrons. The van der Waals surface area contributed by atoms with Gasteiger partial charge in [-0.15, -0.1) is 0 Å². The van der Waals surface area contributed by atoms with Crippen LogP contribution >= 0.6 is 11.6 Å². The van der Waals surface area contributed by atoms with Crippen molar-refractivity contribution in [2.24, 2.45) is 0 Å². The number of carbonyl (C=O) groups is 1. The molecule has 0 aromatic heterocycles. The van der Waals surface area contributed by atoms with Crippen molar-refractivity contribution in [3.8, 4) is 0 Å². The molecular weight excluding hydrogens is 446 g/mol. The lowest BCUT2D eigenvalue weighted by Crippen LogP contribution is -2.48. The maximum Gasteiger partial charge on any atom is 0.232 e. The number of carbonyl (C=O) groups excluding carboxylic acids is 1. The van der Waals surface area contributed by atoms with Gasteiger partial charge in [0.15, 0.2) is 0 Å². The van der Waals surface area contributed by atoms with Crippen molar-refractivity contribution in [2.45, 2.75) is 12.8 Å². The number of anilines is 1. The molecule has 8 heteroatoms. The minimum absolute atomic E-state index is 0.0778. The Morgan fingerprint density at radius 3 is 2.31 bits per heavy atom. The van der Waals surface area contributed by atoms with E-state index in [-0.39, 0.29) is 12.5 Å². The van der Waals surface area contributed by atoms with E-state index >= 15 is 0 Å². The summed E-state index contributed by atoms with van der Waals surface area (Å²) in [6.07, 6.45) is 6.24. The van der Waals surface area contributed by atoms with Crippen LogP contribution in [0.1, 0.15) is 18.4 Å². The quantitative estimate of drug-likeness (QED) is 0.554. The van der Waals surface area contributed by atoms with Gasteiger partial charge in [-0.25, -0.2) is 8.42 Å². The number of amides is 1. The molecular formula is C24H30ClN3O3S. The van der Waals surface area contributed by atoms with Gasteiger partial charge in [0, 0.05) is 50.7 Å². The van der Waals surface area contributed by atoms with Crippen molar-refractivity contribution in [1.29, 1.82) is 0 Å². The third-order valence-corrected chi connectivity index (χ3v) is 6.91. The van der Waals surface area contributed by atoms with Crippen LogP contribution in [0.15, 0.2) is 60.7 Å². The monoisotopic (exact) mass is 475 g/mol. The molecule has 3 rings (SSSR count). The van der Waals surface area contributed by atoms with Gasteiger partial charge in [-0.05, 0) is 36.2 Å². The van der Waals surface area contributed by atoms with Gasteiger partial charge in [-0.2, -0.15) is 0 Å². The number of hydrogen-bond donors (Lipinski definition) is 0. The van der Waals surface area contributed by atoms with Crippen LogP contribution in [0.25, 0.3) is 6.08 Å². The van der Waals surface area contributed by atoms with Gasteiger partial charge in [0.25, 0.3) is 0 Å². The fourth-order valence-electron chi connectivity index (χ4n) is 3.71. The van der Waals surface area contributed by atoms with Crippen molar-refractivity contribution in [3.05, 3.63) is 71.3 Å². The molecule has 0 spiro atoms. The van der Waals surface area contributed by atoms with Crippen LogP contribution in [-0.4, -0.2) is 69.6 Å². The molecule has 1 amide bonds. The zero-order valence-corrected chi connectivity index (χ0v) is 19.9. The average Bonchev–Trinajstić information content (AvgIpc) is 2.78. The lowest BCUT2D eigenvalue weighted by atomic mass is 10.2. The standard InChI is InChI=1S/C24H30ClN3O3S/c1-32(30,31)28(23-13-11-22(25)12-14-23)16-6-10-24(29)27-19-17-26(18-20-27)15-5-9-21-7-3-2-4-8-21/h2-5,7-9,11-14H,6,10,15-20H2,1H3/b9-5+. The zero-order chi connectivity index (χ0) is 23.0. The van der Waals surface area contributed by atoms with Crippen LogP contribution in [0.5, 0.6) is 0 Å². The Kier molecular flexibility index (Phi) is 8.73. The number of sulfonamides is 1. The minimum Gasteiger partial charge on any atom is -0.340 e. The van der Waals surface area contributed by atoms with Crippen LogP contribution in [0, 0.1) is 0 Å². The Morgan fingerprint density at radius 2 is 1.69 bits per heavy atom. The Morgan fingerprint density at radius 1 is 1.03 bits per heavy atom. The van der Waals surface area contributed by atoms with Crippen molar-refractivity contribution >= 4 is 39.3 Å². The second-order valence-electron chi connectivity index (χ2n) is 7.91. The third kappa shape index (κ3) is 7.36. The first-order chi connectivity index (χ1) is 15.3. The van der Waals surface area contributed by atoms with Gasteiger partial charge in [0.1, 0.15) is 0 Å². The Labute approximate surface area is 196 Å². The first kappa shape index (κ1) is 24.3. The number of rotatable bonds is 9. The minimum atomic E-state index is -3.44. The highest BCUT2D eigenvalue weighted by Gasteiger charge is 2.22. The maximum absolute atomic E-state index is 12.6. The van der Waals surface area contributed by atoms with Gasteiger partial charge >= 0.3 is 0 Å². The largest absolute Gasteiger partial charge is 0.340 e. The van der Waals surface area contributed by atoms with Crippen molar-refractivity contribution in [3.63, 3.8) is 0 Å². The van der Waals surface area contributed by atoms with E-state index in [1.807, 2.05) is 23.1 Å². The first-order valence-corrected chi connectivity index (χ1v) is 13.0. The second kappa shape index (κ2) is 11.5. The molecule has 0 saturated carbocycles. The number of nitrogens with zero attached hydrogens (tertiary/aromatic N) is 3. The van der Waals surface area contributed by atoms with Crippen molar-refractivity contribution in [2.75, 3.05) is 49.8 Å². The number of piperazine rings is 1. The van der Waals surface area contributed by atoms with Gasteiger partial charge in [-0.1, -0.05) is 54.1 Å². The summed E-state index contributed by atoms with van der Waals surface area (Å²) in [5, 5.41) is 0.548. The zero-order valence-electron chi connectivity index (χ0n) is 18.4. The van der Waals surface area contributed by atoms with Gasteiger partial charge in [0.2, 0.25) is 15.9 Å². The third-order valence-electron chi connectivity index (χ3n) is 5.47. The molecule has 0 bridgehead atoms. The van der Waals surface area contributed by atoms with Crippen LogP contribution in [0.4, 0.5) is 5.69 Å². The summed E-state index contributed by atoms with van der Waals surface area (Å²) in [6, 6.07) is 16.9. The van der Waals surface area contributed by atoms with Crippen LogP contribution in [0.3, 0.4) is 0 Å². The first-order valence-electron chi connectivity index (χ1n) is 10.8. The van der Waals surface area contributed by atoms with E-state index < -0.39 is 10.0 Å². The normalized spacial score (nSPS) is 15.2. The number of hydrogen-bond acceptors (Lipinski definition) is 4. The highest BCUT2D eigenvalue weighted by Crippen LogP contribution is 2.21. The summed E-state index contributed by atoms with van der Waals surface area (Å²) in [7, 11) is -3.44. The molecule has 0 unspecified atom stereocenters. The maximum atomic E-state index is 12.6. The van der Waals surface area contributed by atoms with Crippen LogP contribution < -0.4 is 4.31 Å². The average molecular weight is 476 g/mol. The van der Waals surface area contributed by atoms with Crippen LogP contribution in [0.2, 0.25) is 5.02 Å². The molecule has 1 aliphatic heterocycles. The van der Waals surface area contributed by atoms with E-state index in [2.05, 4.69) is 29.2 Å². The predicted molar refractivity (Wildman–Crippen MR) is 131 cm³/mol. The molecule has 0 aliphatic carbocycles. The number of benzene rings is 2. The molecule has 6 nitrogen and oxygen atoms in total. The Hall–Kier alpha value is -2.35. The Balaban J connectivity index is 1.42. The Bertz CT molecular complexity index is 1000. The SMILES string of the molecule is CS(=O)(=O)N(CCCC(=O)N1CCN(C/C=C/c2ccccc2)CC1)c1ccc(Cl)cc1. The van der Waals surface area contributed by atoms with E-state index in [9.17, 15) is 13.2 Å². The van der Waals surface area contributed by atoms with E-state index in [0.717, 1.165) is 19.6 Å². The van der Waals surface area contributed by atoms with E-state index in [1.165, 1.54) is 16.1 Å².